The molecule has 0 amide bonds. The Hall–Kier alpha value is -1.80. The minimum Gasteiger partial charge on any atom is -0.214 e. The van der Waals surface area contributed by atoms with Crippen LogP contribution in [0.2, 0.25) is 39.3 Å². The fourth-order valence-electron chi connectivity index (χ4n) is 2.70. The first-order chi connectivity index (χ1) is 15.0. The van der Waals surface area contributed by atoms with Gasteiger partial charge >= 0.3 is 26.2 Å². The van der Waals surface area contributed by atoms with Crippen LogP contribution in [0.15, 0.2) is 109 Å². The van der Waals surface area contributed by atoms with E-state index in [1.54, 1.807) is 10.4 Å². The van der Waals surface area contributed by atoms with Crippen LogP contribution in [0.5, 0.6) is 0 Å². The Morgan fingerprint density at radius 3 is 0.818 bits per heavy atom. The summed E-state index contributed by atoms with van der Waals surface area (Å²) < 4.78 is 0. The van der Waals surface area contributed by atoms with Crippen molar-refractivity contribution in [3.8, 4) is 0 Å². The molecule has 172 valence electrons. The maximum atomic E-state index is 3.72. The Bertz CT molecular complexity index is 846. The van der Waals surface area contributed by atoms with Gasteiger partial charge in [-0.15, -0.1) is 24.3 Å². The zero-order valence-electron chi connectivity index (χ0n) is 21.3. The van der Waals surface area contributed by atoms with Gasteiger partial charge in [-0.3, -0.25) is 0 Å². The summed E-state index contributed by atoms with van der Waals surface area (Å²) >= 11 is 0. The van der Waals surface area contributed by atoms with E-state index in [1.807, 2.05) is 60.7 Å². The Morgan fingerprint density at radius 2 is 0.697 bits per heavy atom. The van der Waals surface area contributed by atoms with Crippen LogP contribution in [0.4, 0.5) is 0 Å². The van der Waals surface area contributed by atoms with Crippen molar-refractivity contribution in [1.82, 2.24) is 0 Å². The molecular weight excluding hydrogens is 508 g/mol. The minimum absolute atomic E-state index is 0. The van der Waals surface area contributed by atoms with Crippen molar-refractivity contribution < 1.29 is 26.2 Å². The van der Waals surface area contributed by atoms with E-state index in [1.165, 1.54) is 0 Å². The van der Waals surface area contributed by atoms with Gasteiger partial charge in [-0.25, -0.2) is 24.3 Å². The van der Waals surface area contributed by atoms with E-state index in [0.717, 1.165) is 11.1 Å². The summed E-state index contributed by atoms with van der Waals surface area (Å²) in [6, 6.07) is 37.1. The summed E-state index contributed by atoms with van der Waals surface area (Å²) in [5, 5.41) is 3.12. The molecule has 0 N–H and O–H groups in total. The standard InChI is InChI=1S/2C8H13Si.2C7H7.Zr/c2*1-9(2,3)8-6-4-5-7-8;2*1-7-5-3-2-4-6-7;/h2*4-7H,1-3H3;2*2-6H,1H2;/q4*-1;+4. The van der Waals surface area contributed by atoms with Crippen molar-refractivity contribution in [2.45, 2.75) is 39.3 Å². The normalized spacial score (nSPS) is 10.1. The van der Waals surface area contributed by atoms with Crippen LogP contribution < -0.4 is 10.4 Å². The first kappa shape index (κ1) is 31.2. The molecule has 33 heavy (non-hydrogen) atoms. The van der Waals surface area contributed by atoms with Crippen molar-refractivity contribution in [2.24, 2.45) is 0 Å². The zero-order valence-corrected chi connectivity index (χ0v) is 25.8. The first-order valence-electron chi connectivity index (χ1n) is 11.2. The SMILES string of the molecule is C[Si](C)(C)[c-]1cccc1.C[Si](C)(C)[c-]1cccc1.[CH2-]c1ccccc1.[CH2-]c1ccccc1.[Zr+4]. The van der Waals surface area contributed by atoms with Gasteiger partial charge in [0.1, 0.15) is 0 Å². The summed E-state index contributed by atoms with van der Waals surface area (Å²) in [5.41, 5.74) is 2.14. The van der Waals surface area contributed by atoms with E-state index >= 15 is 0 Å². The van der Waals surface area contributed by atoms with Gasteiger partial charge < -0.3 is 0 Å². The van der Waals surface area contributed by atoms with Gasteiger partial charge in [0.15, 0.2) is 0 Å². The molecule has 4 aromatic carbocycles. The molecule has 0 saturated heterocycles. The largest absolute Gasteiger partial charge is 4.00 e. The molecule has 0 unspecified atom stereocenters. The fourth-order valence-corrected chi connectivity index (χ4v) is 5.09. The third kappa shape index (κ3) is 14.9. The second-order valence-corrected chi connectivity index (χ2v) is 20.0. The Kier molecular flexibility index (Phi) is 15.1. The van der Waals surface area contributed by atoms with E-state index in [9.17, 15) is 0 Å². The molecule has 0 bridgehead atoms. The van der Waals surface area contributed by atoms with Gasteiger partial charge in [0.2, 0.25) is 0 Å². The van der Waals surface area contributed by atoms with Gasteiger partial charge in [-0.1, -0.05) is 51.4 Å². The molecule has 4 aromatic rings. The summed E-state index contributed by atoms with van der Waals surface area (Å²) in [5.74, 6) is 0. The molecule has 4 rings (SSSR count). The molecule has 0 aliphatic carbocycles. The van der Waals surface area contributed by atoms with Gasteiger partial charge in [-0.2, -0.15) is 83.9 Å². The Morgan fingerprint density at radius 1 is 0.455 bits per heavy atom. The molecule has 0 radical (unpaired) electrons. The predicted molar refractivity (Wildman–Crippen MR) is 152 cm³/mol. The third-order valence-electron chi connectivity index (χ3n) is 4.74. The molecule has 0 aromatic heterocycles. The van der Waals surface area contributed by atoms with Crippen molar-refractivity contribution >= 4 is 26.5 Å². The van der Waals surface area contributed by atoms with Crippen LogP contribution in [0.1, 0.15) is 11.1 Å². The molecule has 3 heteroatoms. The molecule has 0 spiro atoms. The van der Waals surface area contributed by atoms with E-state index in [-0.39, 0.29) is 26.2 Å². The van der Waals surface area contributed by atoms with Crippen molar-refractivity contribution in [1.29, 1.82) is 0 Å². The summed E-state index contributed by atoms with van der Waals surface area (Å²) in [6.07, 6.45) is 0. The van der Waals surface area contributed by atoms with Crippen molar-refractivity contribution in [3.63, 3.8) is 0 Å². The van der Waals surface area contributed by atoms with Gasteiger partial charge in [0.25, 0.3) is 0 Å². The second kappa shape index (κ2) is 15.9. The summed E-state index contributed by atoms with van der Waals surface area (Å²) in [6.45, 7) is 21.6. The molecule has 0 fully saturated rings. The maximum Gasteiger partial charge on any atom is 4.00 e. The van der Waals surface area contributed by atoms with E-state index in [4.69, 9.17) is 0 Å². The third-order valence-corrected chi connectivity index (χ3v) is 8.87. The number of benzene rings is 2. The van der Waals surface area contributed by atoms with Crippen molar-refractivity contribution in [2.75, 3.05) is 0 Å². The quantitative estimate of drug-likeness (QED) is 0.179. The van der Waals surface area contributed by atoms with Gasteiger partial charge in [0.05, 0.1) is 0 Å². The molecule has 0 saturated carbocycles. The summed E-state index contributed by atoms with van der Waals surface area (Å²) in [7, 11) is -1.96. The molecule has 0 aliphatic heterocycles. The van der Waals surface area contributed by atoms with Crippen LogP contribution in [-0.2, 0) is 26.2 Å². The monoisotopic (exact) mass is 546 g/mol. The number of hydrogen-bond acceptors (Lipinski definition) is 0. The van der Waals surface area contributed by atoms with Crippen molar-refractivity contribution in [3.05, 3.63) is 134 Å². The second-order valence-electron chi connectivity index (χ2n) is 9.82. The molecular formula is C30H40Si2Zr. The Labute approximate surface area is 225 Å². The Balaban J connectivity index is 0.000000412. The van der Waals surface area contributed by atoms with Gasteiger partial charge in [-0.05, 0) is 0 Å². The number of hydrogen-bond donors (Lipinski definition) is 0. The average Bonchev–Trinajstić information content (AvgIpc) is 3.44. The average molecular weight is 548 g/mol. The van der Waals surface area contributed by atoms with E-state index in [2.05, 4.69) is 102 Å². The number of rotatable bonds is 2. The van der Waals surface area contributed by atoms with Crippen LogP contribution in [0.3, 0.4) is 0 Å². The van der Waals surface area contributed by atoms with Crippen LogP contribution >= 0.6 is 0 Å². The van der Waals surface area contributed by atoms with E-state index in [0.29, 0.717) is 0 Å². The predicted octanol–water partition coefficient (Wildman–Crippen LogP) is 7.64. The maximum absolute atomic E-state index is 3.72. The minimum atomic E-state index is -0.981. The van der Waals surface area contributed by atoms with Crippen LogP contribution in [0, 0.1) is 13.8 Å². The van der Waals surface area contributed by atoms with E-state index < -0.39 is 16.1 Å². The molecule has 0 aliphatic rings. The first-order valence-corrected chi connectivity index (χ1v) is 18.2. The zero-order chi connectivity index (χ0) is 24.0. The molecule has 0 nitrogen and oxygen atoms in total. The topological polar surface area (TPSA) is 0 Å². The van der Waals surface area contributed by atoms with Gasteiger partial charge in [0, 0.05) is 16.1 Å². The smallest absolute Gasteiger partial charge is 0.214 e. The molecule has 0 atom stereocenters. The van der Waals surface area contributed by atoms with Crippen LogP contribution in [-0.4, -0.2) is 16.1 Å². The van der Waals surface area contributed by atoms with Crippen LogP contribution in [0.25, 0.3) is 0 Å². The molecule has 0 heterocycles. The summed E-state index contributed by atoms with van der Waals surface area (Å²) in [4.78, 5) is 0. The fraction of sp³-hybridized carbons (Fsp3) is 0.200.